The summed E-state index contributed by atoms with van der Waals surface area (Å²) in [6.07, 6.45) is -0.578. The summed E-state index contributed by atoms with van der Waals surface area (Å²) in [6.45, 7) is 5.25. The third kappa shape index (κ3) is 5.99. The number of fused-ring (bicyclic) bond motifs is 1. The first-order valence-electron chi connectivity index (χ1n) is 9.70. The van der Waals surface area contributed by atoms with Crippen molar-refractivity contribution in [1.82, 2.24) is 9.55 Å². The van der Waals surface area contributed by atoms with Crippen LogP contribution in [-0.4, -0.2) is 41.6 Å². The van der Waals surface area contributed by atoms with Gasteiger partial charge in [0.1, 0.15) is 11.9 Å². The molecule has 1 heterocycles. The minimum Gasteiger partial charge on any atom is -0.443 e. The number of imidazole rings is 1. The van der Waals surface area contributed by atoms with Crippen LogP contribution in [0.25, 0.3) is 0 Å². The summed E-state index contributed by atoms with van der Waals surface area (Å²) in [4.78, 5) is 16.6. The van der Waals surface area contributed by atoms with Gasteiger partial charge in [0.05, 0.1) is 11.4 Å². The summed E-state index contributed by atoms with van der Waals surface area (Å²) in [5.41, 5.74) is 1.48. The molecular weight excluding hydrogens is 435 g/mol. The molecule has 11 heteroatoms. The Hall–Kier alpha value is -2.56. The molecule has 2 aromatic rings. The van der Waals surface area contributed by atoms with E-state index in [4.69, 9.17) is 4.74 Å². The van der Waals surface area contributed by atoms with Crippen LogP contribution >= 0.6 is 0 Å². The number of carbonyl (C=O) groups is 1. The van der Waals surface area contributed by atoms with Crippen LogP contribution in [0.4, 0.5) is 23.7 Å². The van der Waals surface area contributed by atoms with E-state index in [-0.39, 0.29) is 11.6 Å². The molecule has 170 valence electrons. The maximum Gasteiger partial charge on any atom is 0.419 e. The van der Waals surface area contributed by atoms with E-state index >= 15 is 0 Å². The number of ether oxygens (including phenoxy) is 1. The quantitative estimate of drug-likeness (QED) is 0.730. The maximum absolute atomic E-state index is 12.6. The lowest BCUT2D eigenvalue weighted by Gasteiger charge is -2.26. The summed E-state index contributed by atoms with van der Waals surface area (Å²) in [6, 6.07) is 4.84. The Morgan fingerprint density at radius 1 is 1.29 bits per heavy atom. The van der Waals surface area contributed by atoms with Crippen LogP contribution in [0.3, 0.4) is 0 Å². The number of carbonyl (C=O) groups excluding carboxylic acids is 1. The summed E-state index contributed by atoms with van der Waals surface area (Å²) >= 11 is 0. The normalized spacial score (nSPS) is 17.2. The second kappa shape index (κ2) is 8.18. The van der Waals surface area contributed by atoms with Crippen LogP contribution < -0.4 is 4.72 Å². The summed E-state index contributed by atoms with van der Waals surface area (Å²) in [5.74, 6) is -2.17. The van der Waals surface area contributed by atoms with Gasteiger partial charge in [0.2, 0.25) is 10.0 Å². The number of hydrogen-bond acceptors (Lipinski definition) is 5. The van der Waals surface area contributed by atoms with Gasteiger partial charge < -0.3 is 4.74 Å². The van der Waals surface area contributed by atoms with Gasteiger partial charge in [-0.1, -0.05) is 12.1 Å². The molecule has 1 aliphatic rings. The lowest BCUT2D eigenvalue weighted by molar-refractivity contribution is -0.106. The minimum atomic E-state index is -4.84. The highest BCUT2D eigenvalue weighted by molar-refractivity contribution is 7.92. The number of alkyl halides is 3. The molecule has 0 spiro atoms. The Bertz CT molecular complexity index is 1070. The Morgan fingerprint density at radius 2 is 2.00 bits per heavy atom. The van der Waals surface area contributed by atoms with Crippen molar-refractivity contribution in [3.8, 4) is 0 Å². The lowest BCUT2D eigenvalue weighted by atomic mass is 9.80. The Kier molecular flexibility index (Phi) is 6.09. The van der Waals surface area contributed by atoms with E-state index in [0.29, 0.717) is 30.5 Å². The molecule has 1 aromatic carbocycles. The summed E-state index contributed by atoms with van der Waals surface area (Å²) in [5, 5.41) is 0. The molecule has 1 unspecified atom stereocenters. The highest BCUT2D eigenvalue weighted by atomic mass is 32.2. The second-order valence-corrected chi connectivity index (χ2v) is 10.2. The molecule has 1 aromatic heterocycles. The SMILES string of the molecule is CC(C)(C)OC(=O)n1cnc(C2CCCc3c(NS(=O)(=O)CC(F)(F)F)cccc32)c1. The van der Waals surface area contributed by atoms with Gasteiger partial charge in [-0.2, -0.15) is 13.2 Å². The van der Waals surface area contributed by atoms with Gasteiger partial charge in [-0.15, -0.1) is 0 Å². The minimum absolute atomic E-state index is 0.137. The number of anilines is 1. The molecule has 1 atom stereocenters. The molecule has 3 rings (SSSR count). The largest absolute Gasteiger partial charge is 0.443 e. The van der Waals surface area contributed by atoms with Gasteiger partial charge in [-0.05, 0) is 57.2 Å². The monoisotopic (exact) mass is 459 g/mol. The van der Waals surface area contributed by atoms with Crippen LogP contribution in [-0.2, 0) is 21.2 Å². The van der Waals surface area contributed by atoms with Crippen molar-refractivity contribution in [3.05, 3.63) is 47.5 Å². The van der Waals surface area contributed by atoms with E-state index in [1.807, 2.05) is 0 Å². The highest BCUT2D eigenvalue weighted by Crippen LogP contribution is 2.39. The van der Waals surface area contributed by atoms with Crippen molar-refractivity contribution in [2.45, 2.75) is 57.7 Å². The lowest BCUT2D eigenvalue weighted by Crippen LogP contribution is -2.28. The molecular formula is C20H24F3N3O4S. The first-order valence-corrected chi connectivity index (χ1v) is 11.4. The first kappa shape index (κ1) is 23.1. The van der Waals surface area contributed by atoms with Crippen molar-refractivity contribution in [1.29, 1.82) is 0 Å². The van der Waals surface area contributed by atoms with Gasteiger partial charge in [-0.3, -0.25) is 4.72 Å². The van der Waals surface area contributed by atoms with E-state index in [2.05, 4.69) is 9.71 Å². The van der Waals surface area contributed by atoms with Crippen LogP contribution in [0, 0.1) is 0 Å². The first-order chi connectivity index (χ1) is 14.2. The van der Waals surface area contributed by atoms with Crippen LogP contribution in [0.15, 0.2) is 30.7 Å². The van der Waals surface area contributed by atoms with Crippen LogP contribution in [0.5, 0.6) is 0 Å². The number of aromatic nitrogens is 2. The molecule has 31 heavy (non-hydrogen) atoms. The number of nitrogens with one attached hydrogen (secondary N) is 1. The smallest absolute Gasteiger partial charge is 0.419 e. The zero-order valence-corrected chi connectivity index (χ0v) is 18.2. The average Bonchev–Trinajstić information content (AvgIpc) is 3.07. The van der Waals surface area contributed by atoms with Gasteiger partial charge in [0, 0.05) is 12.1 Å². The topological polar surface area (TPSA) is 90.3 Å². The number of nitrogens with zero attached hydrogens (tertiary/aromatic N) is 2. The van der Waals surface area contributed by atoms with E-state index < -0.39 is 33.6 Å². The fourth-order valence-electron chi connectivity index (χ4n) is 3.60. The standard InChI is InChI=1S/C20H24F3N3O4S/c1-19(2,3)30-18(27)26-10-17(24-12-26)15-8-4-7-14-13(15)6-5-9-16(14)25-31(28,29)11-20(21,22)23/h5-6,9-10,12,15,25H,4,7-8,11H2,1-3H3. The number of benzene rings is 1. The maximum atomic E-state index is 12.6. The van der Waals surface area contributed by atoms with Crippen molar-refractivity contribution in [2.75, 3.05) is 10.5 Å². The van der Waals surface area contributed by atoms with Crippen molar-refractivity contribution in [3.63, 3.8) is 0 Å². The second-order valence-electron chi connectivity index (χ2n) is 8.48. The van der Waals surface area contributed by atoms with Gasteiger partial charge >= 0.3 is 12.3 Å². The zero-order chi connectivity index (χ0) is 23.0. The fraction of sp³-hybridized carbons (Fsp3) is 0.500. The summed E-state index contributed by atoms with van der Waals surface area (Å²) < 4.78 is 70.3. The molecule has 1 N–H and O–H groups in total. The van der Waals surface area contributed by atoms with E-state index in [1.54, 1.807) is 39.1 Å². The number of sulfonamides is 1. The Labute approximate surface area is 178 Å². The van der Waals surface area contributed by atoms with Crippen molar-refractivity contribution < 1.29 is 31.1 Å². The Morgan fingerprint density at radius 3 is 2.65 bits per heavy atom. The van der Waals surface area contributed by atoms with Gasteiger partial charge in [0.15, 0.2) is 5.75 Å². The van der Waals surface area contributed by atoms with Gasteiger partial charge in [0.25, 0.3) is 0 Å². The molecule has 1 aliphatic carbocycles. The fourth-order valence-corrected chi connectivity index (χ4v) is 4.63. The summed E-state index contributed by atoms with van der Waals surface area (Å²) in [7, 11) is -4.59. The molecule has 0 saturated carbocycles. The van der Waals surface area contributed by atoms with Gasteiger partial charge in [-0.25, -0.2) is 22.8 Å². The predicted molar refractivity (Wildman–Crippen MR) is 109 cm³/mol. The molecule has 0 saturated heterocycles. The predicted octanol–water partition coefficient (Wildman–Crippen LogP) is 4.44. The molecule has 0 fully saturated rings. The average molecular weight is 459 g/mol. The third-order valence-corrected chi connectivity index (χ3v) is 5.93. The van der Waals surface area contributed by atoms with Crippen molar-refractivity contribution in [2.24, 2.45) is 0 Å². The van der Waals surface area contributed by atoms with E-state index in [9.17, 15) is 26.4 Å². The van der Waals surface area contributed by atoms with Crippen LogP contribution in [0.1, 0.15) is 56.4 Å². The molecule has 0 aliphatic heterocycles. The molecule has 0 amide bonds. The molecule has 0 radical (unpaired) electrons. The number of hydrogen-bond donors (Lipinski definition) is 1. The molecule has 0 bridgehead atoms. The highest BCUT2D eigenvalue weighted by Gasteiger charge is 2.36. The van der Waals surface area contributed by atoms with Crippen molar-refractivity contribution >= 4 is 21.8 Å². The number of halogens is 3. The van der Waals surface area contributed by atoms with E-state index in [0.717, 1.165) is 5.56 Å². The van der Waals surface area contributed by atoms with E-state index in [1.165, 1.54) is 17.0 Å². The zero-order valence-electron chi connectivity index (χ0n) is 17.4. The van der Waals surface area contributed by atoms with Crippen LogP contribution in [0.2, 0.25) is 0 Å². The Balaban J connectivity index is 1.88. The molecule has 7 nitrogen and oxygen atoms in total. The number of rotatable bonds is 4. The third-order valence-electron chi connectivity index (χ3n) is 4.69.